The maximum absolute atomic E-state index is 12.2. The van der Waals surface area contributed by atoms with Crippen LogP contribution in [-0.4, -0.2) is 26.4 Å². The lowest BCUT2D eigenvalue weighted by atomic mass is 10.1. The lowest BCUT2D eigenvalue weighted by molar-refractivity contribution is -0.119. The zero-order valence-electron chi connectivity index (χ0n) is 13.6. The Morgan fingerprint density at radius 3 is 2.64 bits per heavy atom. The first-order valence-corrected chi connectivity index (χ1v) is 9.13. The Labute approximate surface area is 155 Å². The minimum Gasteiger partial charge on any atom is -0.349 e. The molecule has 3 aromatic rings. The van der Waals surface area contributed by atoms with Crippen molar-refractivity contribution in [1.29, 1.82) is 0 Å². The van der Waals surface area contributed by atoms with Crippen molar-refractivity contribution in [2.24, 2.45) is 0 Å². The Balaban J connectivity index is 1.58. The molecule has 1 atom stereocenters. The van der Waals surface area contributed by atoms with E-state index in [9.17, 15) is 4.79 Å². The minimum absolute atomic E-state index is 0.0601. The summed E-state index contributed by atoms with van der Waals surface area (Å²) >= 11 is 7.24. The smallest absolute Gasteiger partial charge is 0.230 e. The van der Waals surface area contributed by atoms with Crippen LogP contribution in [0.4, 0.5) is 0 Å². The van der Waals surface area contributed by atoms with E-state index >= 15 is 0 Å². The van der Waals surface area contributed by atoms with Gasteiger partial charge in [-0.05, 0) is 36.8 Å². The van der Waals surface area contributed by atoms with Gasteiger partial charge in [0.1, 0.15) is 6.33 Å². The summed E-state index contributed by atoms with van der Waals surface area (Å²) in [6, 6.07) is 17.1. The first-order chi connectivity index (χ1) is 12.1. The number of halogens is 1. The van der Waals surface area contributed by atoms with Crippen LogP contribution in [0.2, 0.25) is 5.02 Å². The van der Waals surface area contributed by atoms with Crippen molar-refractivity contribution in [3.8, 4) is 5.69 Å². The minimum atomic E-state index is -0.0858. The largest absolute Gasteiger partial charge is 0.349 e. The van der Waals surface area contributed by atoms with Gasteiger partial charge in [0.05, 0.1) is 11.8 Å². The normalized spacial score (nSPS) is 11.9. The molecule has 1 N–H and O–H groups in total. The number of hydrogen-bond acceptors (Lipinski definition) is 4. The number of nitrogens with one attached hydrogen (secondary N) is 1. The average molecular weight is 373 g/mol. The highest BCUT2D eigenvalue weighted by atomic mass is 35.5. The monoisotopic (exact) mass is 372 g/mol. The van der Waals surface area contributed by atoms with Crippen LogP contribution in [0, 0.1) is 0 Å². The Kier molecular flexibility index (Phi) is 5.73. The van der Waals surface area contributed by atoms with Crippen molar-refractivity contribution in [2.75, 3.05) is 5.75 Å². The van der Waals surface area contributed by atoms with E-state index in [1.54, 1.807) is 6.33 Å². The summed E-state index contributed by atoms with van der Waals surface area (Å²) in [6.45, 7) is 1.94. The van der Waals surface area contributed by atoms with Crippen LogP contribution in [0.15, 0.2) is 66.1 Å². The average Bonchev–Trinajstić information content (AvgIpc) is 3.10. The predicted molar refractivity (Wildman–Crippen MR) is 100 cm³/mol. The predicted octanol–water partition coefficient (Wildman–Crippen LogP) is 3.89. The molecule has 0 bridgehead atoms. The van der Waals surface area contributed by atoms with Gasteiger partial charge in [-0.25, -0.2) is 0 Å². The topological polar surface area (TPSA) is 59.8 Å². The molecule has 1 amide bonds. The molecule has 0 spiro atoms. The molecule has 0 radical (unpaired) electrons. The van der Waals surface area contributed by atoms with Gasteiger partial charge in [-0.15, -0.1) is 10.2 Å². The summed E-state index contributed by atoms with van der Waals surface area (Å²) in [6.07, 6.45) is 1.64. The Bertz CT molecular complexity index is 836. The number of rotatable bonds is 6. The Morgan fingerprint density at radius 1 is 1.20 bits per heavy atom. The number of nitrogens with zero attached hydrogens (tertiary/aromatic N) is 3. The zero-order valence-corrected chi connectivity index (χ0v) is 15.2. The van der Waals surface area contributed by atoms with Crippen molar-refractivity contribution < 1.29 is 4.79 Å². The summed E-state index contributed by atoms with van der Waals surface area (Å²) in [4.78, 5) is 12.2. The van der Waals surface area contributed by atoms with Gasteiger partial charge in [0.15, 0.2) is 5.16 Å². The molecule has 25 heavy (non-hydrogen) atoms. The fourth-order valence-electron chi connectivity index (χ4n) is 2.34. The molecule has 5 nitrogen and oxygen atoms in total. The van der Waals surface area contributed by atoms with Gasteiger partial charge in [-0.1, -0.05) is 53.7 Å². The van der Waals surface area contributed by atoms with Crippen LogP contribution in [-0.2, 0) is 4.79 Å². The van der Waals surface area contributed by atoms with Crippen molar-refractivity contribution in [3.05, 3.63) is 71.5 Å². The molecule has 0 aliphatic carbocycles. The van der Waals surface area contributed by atoms with Crippen LogP contribution in [0.1, 0.15) is 18.5 Å². The summed E-state index contributed by atoms with van der Waals surface area (Å²) in [5.74, 6) is 0.207. The van der Waals surface area contributed by atoms with E-state index in [1.807, 2.05) is 66.1 Å². The molecule has 1 aromatic heterocycles. The van der Waals surface area contributed by atoms with Crippen LogP contribution in [0.5, 0.6) is 0 Å². The highest BCUT2D eigenvalue weighted by Gasteiger charge is 2.13. The standard InChI is InChI=1S/C18H17ClN4OS/c1-13(14-7-9-15(19)10-8-14)21-17(24)11-25-18-22-20-12-23(18)16-5-3-2-4-6-16/h2-10,12-13H,11H2,1H3,(H,21,24)/t13-/m1/s1. The van der Waals surface area contributed by atoms with E-state index in [4.69, 9.17) is 11.6 Å². The summed E-state index contributed by atoms with van der Waals surface area (Å²) < 4.78 is 1.86. The van der Waals surface area contributed by atoms with E-state index in [0.29, 0.717) is 10.2 Å². The van der Waals surface area contributed by atoms with Crippen molar-refractivity contribution in [3.63, 3.8) is 0 Å². The Morgan fingerprint density at radius 2 is 1.92 bits per heavy atom. The fraction of sp³-hybridized carbons (Fsp3) is 0.167. The van der Waals surface area contributed by atoms with Crippen LogP contribution in [0.25, 0.3) is 5.69 Å². The van der Waals surface area contributed by atoms with Crippen molar-refractivity contribution in [2.45, 2.75) is 18.1 Å². The zero-order chi connectivity index (χ0) is 17.6. The maximum atomic E-state index is 12.2. The van der Waals surface area contributed by atoms with E-state index in [1.165, 1.54) is 11.8 Å². The molecule has 7 heteroatoms. The second-order valence-electron chi connectivity index (χ2n) is 5.45. The van der Waals surface area contributed by atoms with E-state index in [2.05, 4.69) is 15.5 Å². The number of amides is 1. The number of para-hydroxylation sites is 1. The van der Waals surface area contributed by atoms with E-state index in [0.717, 1.165) is 11.3 Å². The van der Waals surface area contributed by atoms with Crippen LogP contribution >= 0.6 is 23.4 Å². The third kappa shape index (κ3) is 4.61. The van der Waals surface area contributed by atoms with Crippen molar-refractivity contribution in [1.82, 2.24) is 20.1 Å². The van der Waals surface area contributed by atoms with Crippen molar-refractivity contribution >= 4 is 29.3 Å². The lowest BCUT2D eigenvalue weighted by Crippen LogP contribution is -2.28. The molecule has 0 saturated heterocycles. The molecule has 0 aliphatic rings. The first kappa shape index (κ1) is 17.5. The number of thioether (sulfide) groups is 1. The molecule has 0 saturated carbocycles. The van der Waals surface area contributed by atoms with Gasteiger partial charge in [-0.2, -0.15) is 0 Å². The number of benzene rings is 2. The number of carbonyl (C=O) groups is 1. The van der Waals surface area contributed by atoms with Gasteiger partial charge < -0.3 is 5.32 Å². The number of carbonyl (C=O) groups excluding carboxylic acids is 1. The summed E-state index contributed by atoms with van der Waals surface area (Å²) in [7, 11) is 0. The SMILES string of the molecule is C[C@@H](NC(=O)CSc1nncn1-c1ccccc1)c1ccc(Cl)cc1. The lowest BCUT2D eigenvalue weighted by Gasteiger charge is -2.14. The van der Waals surface area contributed by atoms with Gasteiger partial charge in [-0.3, -0.25) is 9.36 Å². The molecule has 2 aromatic carbocycles. The first-order valence-electron chi connectivity index (χ1n) is 7.76. The quantitative estimate of drug-likeness (QED) is 0.667. The second kappa shape index (κ2) is 8.18. The van der Waals surface area contributed by atoms with E-state index in [-0.39, 0.29) is 17.7 Å². The summed E-state index contributed by atoms with van der Waals surface area (Å²) in [5.41, 5.74) is 1.97. The van der Waals surface area contributed by atoms with Crippen LogP contribution < -0.4 is 5.32 Å². The fourth-order valence-corrected chi connectivity index (χ4v) is 3.20. The molecule has 1 heterocycles. The highest BCUT2D eigenvalue weighted by Crippen LogP contribution is 2.20. The van der Waals surface area contributed by atoms with E-state index < -0.39 is 0 Å². The summed E-state index contributed by atoms with van der Waals surface area (Å²) in [5, 5.41) is 12.4. The highest BCUT2D eigenvalue weighted by molar-refractivity contribution is 7.99. The van der Waals surface area contributed by atoms with Gasteiger partial charge >= 0.3 is 0 Å². The van der Waals surface area contributed by atoms with Gasteiger partial charge in [0.25, 0.3) is 0 Å². The Hall–Kier alpha value is -2.31. The molecule has 0 unspecified atom stereocenters. The third-order valence-electron chi connectivity index (χ3n) is 3.63. The number of hydrogen-bond donors (Lipinski definition) is 1. The molecule has 0 fully saturated rings. The molecular weight excluding hydrogens is 356 g/mol. The third-order valence-corrected chi connectivity index (χ3v) is 4.83. The molecule has 0 aliphatic heterocycles. The molecule has 128 valence electrons. The van der Waals surface area contributed by atoms with Gasteiger partial charge in [0, 0.05) is 10.7 Å². The molecule has 3 rings (SSSR count). The second-order valence-corrected chi connectivity index (χ2v) is 6.83. The number of aromatic nitrogens is 3. The van der Waals surface area contributed by atoms with Gasteiger partial charge in [0.2, 0.25) is 5.91 Å². The van der Waals surface area contributed by atoms with Crippen LogP contribution in [0.3, 0.4) is 0 Å². The maximum Gasteiger partial charge on any atom is 0.230 e. The molecular formula is C18H17ClN4OS.